The number of hydrogen-bond donors (Lipinski definition) is 3. The third-order valence-electron chi connectivity index (χ3n) is 6.14. The molecule has 1 atom stereocenters. The molecule has 9 heteroatoms. The molecule has 1 aromatic heterocycles. The van der Waals surface area contributed by atoms with Crippen molar-refractivity contribution in [3.63, 3.8) is 0 Å². The first-order valence-corrected chi connectivity index (χ1v) is 11.6. The van der Waals surface area contributed by atoms with Gasteiger partial charge in [-0.3, -0.25) is 9.59 Å². The van der Waals surface area contributed by atoms with Gasteiger partial charge in [0, 0.05) is 24.9 Å². The van der Waals surface area contributed by atoms with Gasteiger partial charge in [-0.2, -0.15) is 5.10 Å². The number of carbonyl (C=O) groups excluding carboxylic acids is 2. The van der Waals surface area contributed by atoms with E-state index in [1.54, 1.807) is 25.3 Å². The van der Waals surface area contributed by atoms with E-state index in [0.29, 0.717) is 23.1 Å². The minimum atomic E-state index is -0.313. The van der Waals surface area contributed by atoms with Crippen LogP contribution in [0.1, 0.15) is 36.4 Å². The highest BCUT2D eigenvalue weighted by Crippen LogP contribution is 2.34. The zero-order valence-electron chi connectivity index (χ0n) is 19.7. The number of hydrazone groups is 1. The molecule has 9 nitrogen and oxygen atoms in total. The molecular weight excluding hydrogens is 458 g/mol. The Balaban J connectivity index is 1.29. The van der Waals surface area contributed by atoms with Crippen LogP contribution in [-0.4, -0.2) is 39.6 Å². The molecule has 1 aliphatic rings. The number of H-pyrrole nitrogens is 2. The highest BCUT2D eigenvalue weighted by molar-refractivity contribution is 6.03. The van der Waals surface area contributed by atoms with Crippen LogP contribution < -0.4 is 15.7 Å². The van der Waals surface area contributed by atoms with Crippen molar-refractivity contribution in [1.29, 1.82) is 0 Å². The standard InChI is InChI=1S/C27H25N5O4/c1-36-20-10-7-18(8-11-20)24-16-22(17-5-3-2-4-6-17)31-32(24)26(34)14-13-25(33)28-19-9-12-21-23(15-19)30-27(35)29-21/h2-12,15,24H,13-14,16H2,1H3,(H,28,33)(H2,29,30,35)/t24-/m0/s1. The maximum Gasteiger partial charge on any atom is 0.323 e. The third kappa shape index (κ3) is 4.90. The van der Waals surface area contributed by atoms with Crippen molar-refractivity contribution in [2.45, 2.75) is 25.3 Å². The number of ether oxygens (including phenoxy) is 1. The van der Waals surface area contributed by atoms with Gasteiger partial charge in [-0.1, -0.05) is 42.5 Å². The number of anilines is 1. The van der Waals surface area contributed by atoms with Crippen molar-refractivity contribution >= 4 is 34.2 Å². The lowest BCUT2D eigenvalue weighted by Gasteiger charge is -2.22. The van der Waals surface area contributed by atoms with Gasteiger partial charge in [-0.25, -0.2) is 9.80 Å². The van der Waals surface area contributed by atoms with Crippen LogP contribution in [0.5, 0.6) is 5.75 Å². The van der Waals surface area contributed by atoms with Gasteiger partial charge in [0.2, 0.25) is 11.8 Å². The highest BCUT2D eigenvalue weighted by atomic mass is 16.5. The van der Waals surface area contributed by atoms with Crippen molar-refractivity contribution < 1.29 is 14.3 Å². The summed E-state index contributed by atoms with van der Waals surface area (Å²) < 4.78 is 5.26. The first-order chi connectivity index (χ1) is 17.5. The van der Waals surface area contributed by atoms with Crippen molar-refractivity contribution in [2.75, 3.05) is 12.4 Å². The summed E-state index contributed by atoms with van der Waals surface area (Å²) in [4.78, 5) is 42.6. The average molecular weight is 484 g/mol. The Kier molecular flexibility index (Phi) is 6.36. The van der Waals surface area contributed by atoms with Crippen LogP contribution in [0.2, 0.25) is 0 Å². The zero-order valence-corrected chi connectivity index (χ0v) is 19.7. The summed E-state index contributed by atoms with van der Waals surface area (Å²) in [6, 6.07) is 22.2. The van der Waals surface area contributed by atoms with Crippen molar-refractivity contribution in [2.24, 2.45) is 5.10 Å². The summed E-state index contributed by atoms with van der Waals surface area (Å²) in [5.74, 6) is 0.202. The van der Waals surface area contributed by atoms with Gasteiger partial charge >= 0.3 is 5.69 Å². The Labute approximate surface area is 206 Å². The highest BCUT2D eigenvalue weighted by Gasteiger charge is 2.33. The molecule has 0 saturated heterocycles. The summed E-state index contributed by atoms with van der Waals surface area (Å²) in [5, 5.41) is 8.94. The molecule has 0 aliphatic carbocycles. The van der Waals surface area contributed by atoms with Crippen molar-refractivity contribution in [3.05, 3.63) is 94.4 Å². The van der Waals surface area contributed by atoms with E-state index < -0.39 is 0 Å². The predicted octanol–water partition coefficient (Wildman–Crippen LogP) is 3.96. The number of nitrogens with zero attached hydrogens (tertiary/aromatic N) is 2. The van der Waals surface area contributed by atoms with Crippen molar-refractivity contribution in [3.8, 4) is 5.75 Å². The van der Waals surface area contributed by atoms with Crippen molar-refractivity contribution in [1.82, 2.24) is 15.0 Å². The Morgan fingerprint density at radius 1 is 1.00 bits per heavy atom. The minimum absolute atomic E-state index is 0.00253. The molecule has 2 heterocycles. The smallest absolute Gasteiger partial charge is 0.323 e. The molecule has 182 valence electrons. The van der Waals surface area contributed by atoms with Crippen LogP contribution in [0.15, 0.2) is 82.7 Å². The second-order valence-corrected chi connectivity index (χ2v) is 8.53. The molecule has 0 radical (unpaired) electrons. The molecule has 3 aromatic carbocycles. The number of nitrogens with one attached hydrogen (secondary N) is 3. The van der Waals surface area contributed by atoms with Crippen LogP contribution in [0.3, 0.4) is 0 Å². The van der Waals surface area contributed by atoms with Crippen LogP contribution in [0.4, 0.5) is 5.69 Å². The van der Waals surface area contributed by atoms with E-state index in [1.807, 2.05) is 54.6 Å². The van der Waals surface area contributed by atoms with Gasteiger partial charge in [0.25, 0.3) is 0 Å². The van der Waals surface area contributed by atoms with Crippen LogP contribution in [0, 0.1) is 0 Å². The van der Waals surface area contributed by atoms with E-state index in [4.69, 9.17) is 4.74 Å². The van der Waals surface area contributed by atoms with Crippen LogP contribution >= 0.6 is 0 Å². The fourth-order valence-electron chi connectivity index (χ4n) is 4.30. The van der Waals surface area contributed by atoms with E-state index >= 15 is 0 Å². The quantitative estimate of drug-likeness (QED) is 0.369. The zero-order chi connectivity index (χ0) is 25.1. The topological polar surface area (TPSA) is 120 Å². The lowest BCUT2D eigenvalue weighted by Crippen LogP contribution is -2.28. The number of carbonyl (C=O) groups is 2. The molecule has 2 amide bonds. The van der Waals surface area contributed by atoms with Gasteiger partial charge in [0.05, 0.1) is 29.9 Å². The second-order valence-electron chi connectivity index (χ2n) is 8.53. The van der Waals surface area contributed by atoms with Gasteiger partial charge in [-0.05, 0) is 41.5 Å². The molecule has 5 rings (SSSR count). The second kappa shape index (κ2) is 9.91. The largest absolute Gasteiger partial charge is 0.497 e. The van der Waals surface area contributed by atoms with Gasteiger partial charge in [0.15, 0.2) is 0 Å². The number of rotatable bonds is 7. The van der Waals surface area contributed by atoms with Gasteiger partial charge in [0.1, 0.15) is 5.75 Å². The summed E-state index contributed by atoms with van der Waals surface area (Å²) in [7, 11) is 1.61. The fourth-order valence-corrected chi connectivity index (χ4v) is 4.30. The molecule has 0 saturated carbocycles. The van der Waals surface area contributed by atoms with E-state index in [2.05, 4.69) is 20.4 Å². The Bertz CT molecular complexity index is 1490. The summed E-state index contributed by atoms with van der Waals surface area (Å²) in [6.07, 6.45) is 0.582. The summed E-state index contributed by atoms with van der Waals surface area (Å²) >= 11 is 0. The number of methoxy groups -OCH3 is 1. The molecule has 0 spiro atoms. The minimum Gasteiger partial charge on any atom is -0.497 e. The van der Waals surface area contributed by atoms with E-state index in [1.165, 1.54) is 5.01 Å². The summed E-state index contributed by atoms with van der Waals surface area (Å²) in [5.41, 5.74) is 4.20. The molecule has 0 unspecified atom stereocenters. The fraction of sp³-hybridized carbons (Fsp3) is 0.185. The molecular formula is C27H25N5O4. The number of fused-ring (bicyclic) bond motifs is 1. The third-order valence-corrected chi connectivity index (χ3v) is 6.14. The molecule has 1 aliphatic heterocycles. The maximum atomic E-state index is 13.2. The Hall–Kier alpha value is -4.66. The molecule has 3 N–H and O–H groups in total. The first kappa shape index (κ1) is 23.1. The summed E-state index contributed by atoms with van der Waals surface area (Å²) in [6.45, 7) is 0. The Morgan fingerprint density at radius 2 is 1.75 bits per heavy atom. The monoisotopic (exact) mass is 483 g/mol. The predicted molar refractivity (Wildman–Crippen MR) is 137 cm³/mol. The number of aromatic amines is 2. The number of amides is 2. The first-order valence-electron chi connectivity index (χ1n) is 11.6. The molecule has 0 bridgehead atoms. The normalized spacial score (nSPS) is 15.1. The number of hydrogen-bond acceptors (Lipinski definition) is 5. The average Bonchev–Trinajstić information content (AvgIpc) is 3.51. The Morgan fingerprint density at radius 3 is 2.50 bits per heavy atom. The van der Waals surface area contributed by atoms with E-state index in [0.717, 1.165) is 22.6 Å². The number of imidazole rings is 1. The number of benzene rings is 3. The lowest BCUT2D eigenvalue weighted by molar-refractivity contribution is -0.134. The molecule has 4 aromatic rings. The molecule has 0 fully saturated rings. The number of aromatic nitrogens is 2. The molecule has 36 heavy (non-hydrogen) atoms. The SMILES string of the molecule is COc1ccc([C@@H]2CC(c3ccccc3)=NN2C(=O)CCC(=O)Nc2ccc3[nH]c(=O)[nH]c3c2)cc1. The van der Waals surface area contributed by atoms with Gasteiger partial charge < -0.3 is 20.0 Å². The maximum absolute atomic E-state index is 13.2. The van der Waals surface area contributed by atoms with Crippen LogP contribution in [0.25, 0.3) is 11.0 Å². The van der Waals surface area contributed by atoms with Crippen LogP contribution in [-0.2, 0) is 9.59 Å². The van der Waals surface area contributed by atoms with E-state index in [9.17, 15) is 14.4 Å². The van der Waals surface area contributed by atoms with E-state index in [-0.39, 0.29) is 36.4 Å². The van der Waals surface area contributed by atoms with Gasteiger partial charge in [-0.15, -0.1) is 0 Å². The lowest BCUT2D eigenvalue weighted by atomic mass is 9.98.